The second-order valence-electron chi connectivity index (χ2n) is 4.55. The van der Waals surface area contributed by atoms with Crippen molar-refractivity contribution in [1.29, 1.82) is 0 Å². The Hall–Kier alpha value is -0.170. The van der Waals surface area contributed by atoms with Gasteiger partial charge in [-0.3, -0.25) is 0 Å². The number of hydrogen-bond donors (Lipinski definition) is 1. The molecule has 1 rings (SSSR count). The average Bonchev–Trinajstić information content (AvgIpc) is 2.19. The van der Waals surface area contributed by atoms with Gasteiger partial charge in [-0.15, -0.1) is 0 Å². The van der Waals surface area contributed by atoms with Gasteiger partial charge < -0.3 is 15.1 Å². The Morgan fingerprint density at radius 1 is 1.19 bits per heavy atom. The molecule has 1 N–H and O–H groups in total. The zero-order valence-corrected chi connectivity index (χ0v) is 11.1. The van der Waals surface area contributed by atoms with Gasteiger partial charge in [0.05, 0.1) is 11.5 Å². The topological polar surface area (TPSA) is 52.6 Å². The molecule has 96 valence electrons. The second kappa shape index (κ2) is 6.54. The first-order valence-corrected chi connectivity index (χ1v) is 7.60. The van der Waals surface area contributed by atoms with E-state index < -0.39 is 9.84 Å². The predicted octanol–water partition coefficient (Wildman–Crippen LogP) is -1.13. The highest BCUT2D eigenvalue weighted by molar-refractivity contribution is 7.91. The third-order valence-electron chi connectivity index (χ3n) is 2.78. The monoisotopic (exact) mass is 249 g/mol. The van der Waals surface area contributed by atoms with Crippen molar-refractivity contribution in [2.75, 3.05) is 64.9 Å². The summed E-state index contributed by atoms with van der Waals surface area (Å²) in [6.45, 7) is 5.29. The van der Waals surface area contributed by atoms with Crippen molar-refractivity contribution in [2.45, 2.75) is 0 Å². The molecule has 0 amide bonds. The van der Waals surface area contributed by atoms with Crippen molar-refractivity contribution in [3.05, 3.63) is 0 Å². The van der Waals surface area contributed by atoms with E-state index in [1.165, 1.54) is 0 Å². The molecule has 0 radical (unpaired) electrons. The van der Waals surface area contributed by atoms with Crippen LogP contribution in [0.15, 0.2) is 0 Å². The van der Waals surface area contributed by atoms with Crippen molar-refractivity contribution < 1.29 is 8.42 Å². The fourth-order valence-corrected chi connectivity index (χ4v) is 2.92. The molecule has 0 spiro atoms. The number of likely N-dealkylation sites (N-methyl/N-ethyl adjacent to an activating group) is 1. The van der Waals surface area contributed by atoms with Crippen LogP contribution in [0.2, 0.25) is 0 Å². The normalized spacial score (nSPS) is 21.4. The van der Waals surface area contributed by atoms with E-state index in [0.29, 0.717) is 24.6 Å². The zero-order valence-electron chi connectivity index (χ0n) is 10.3. The fourth-order valence-electron chi connectivity index (χ4n) is 1.64. The van der Waals surface area contributed by atoms with Crippen LogP contribution in [0.25, 0.3) is 0 Å². The summed E-state index contributed by atoms with van der Waals surface area (Å²) in [7, 11) is 1.37. The van der Waals surface area contributed by atoms with E-state index in [2.05, 4.69) is 29.2 Å². The SMILES string of the molecule is CN(C)CCNCCN1CCS(=O)(=O)CC1. The number of rotatable bonds is 6. The van der Waals surface area contributed by atoms with E-state index in [1.54, 1.807) is 0 Å². The van der Waals surface area contributed by atoms with Gasteiger partial charge in [-0.25, -0.2) is 8.42 Å². The highest BCUT2D eigenvalue weighted by Gasteiger charge is 2.20. The first kappa shape index (κ1) is 13.9. The minimum Gasteiger partial charge on any atom is -0.314 e. The molecule has 0 aliphatic carbocycles. The molecular formula is C10H23N3O2S. The summed E-state index contributed by atoms with van der Waals surface area (Å²) in [4.78, 5) is 4.35. The van der Waals surface area contributed by atoms with Crippen molar-refractivity contribution in [3.63, 3.8) is 0 Å². The Balaban J connectivity index is 2.02. The second-order valence-corrected chi connectivity index (χ2v) is 6.85. The lowest BCUT2D eigenvalue weighted by molar-refractivity contribution is 0.291. The molecule has 1 heterocycles. The van der Waals surface area contributed by atoms with Gasteiger partial charge in [0.1, 0.15) is 0 Å². The fraction of sp³-hybridized carbons (Fsp3) is 1.00. The van der Waals surface area contributed by atoms with Crippen molar-refractivity contribution in [3.8, 4) is 0 Å². The van der Waals surface area contributed by atoms with Crippen molar-refractivity contribution >= 4 is 9.84 Å². The van der Waals surface area contributed by atoms with Gasteiger partial charge in [-0.1, -0.05) is 0 Å². The summed E-state index contributed by atoms with van der Waals surface area (Å²) >= 11 is 0. The average molecular weight is 249 g/mol. The van der Waals surface area contributed by atoms with Crippen molar-refractivity contribution in [2.24, 2.45) is 0 Å². The molecule has 0 aromatic rings. The van der Waals surface area contributed by atoms with E-state index >= 15 is 0 Å². The quantitative estimate of drug-likeness (QED) is 0.604. The summed E-state index contributed by atoms with van der Waals surface area (Å²) < 4.78 is 22.4. The Bertz CT molecular complexity index is 276. The molecule has 0 saturated carbocycles. The van der Waals surface area contributed by atoms with E-state index in [4.69, 9.17) is 0 Å². The molecule has 0 atom stereocenters. The Morgan fingerprint density at radius 3 is 2.38 bits per heavy atom. The van der Waals surface area contributed by atoms with Crippen LogP contribution >= 0.6 is 0 Å². The Kier molecular flexibility index (Phi) is 5.68. The van der Waals surface area contributed by atoms with Gasteiger partial charge in [0.25, 0.3) is 0 Å². The van der Waals surface area contributed by atoms with Gasteiger partial charge in [0.15, 0.2) is 9.84 Å². The lowest BCUT2D eigenvalue weighted by atomic mass is 10.4. The molecule has 16 heavy (non-hydrogen) atoms. The van der Waals surface area contributed by atoms with Crippen LogP contribution in [0.5, 0.6) is 0 Å². The number of nitrogens with zero attached hydrogens (tertiary/aromatic N) is 2. The maximum absolute atomic E-state index is 11.2. The summed E-state index contributed by atoms with van der Waals surface area (Å²) in [5.41, 5.74) is 0. The molecular weight excluding hydrogens is 226 g/mol. The molecule has 0 bridgehead atoms. The summed E-state index contributed by atoms with van der Waals surface area (Å²) in [6.07, 6.45) is 0. The maximum atomic E-state index is 11.2. The van der Waals surface area contributed by atoms with Crippen LogP contribution in [0.4, 0.5) is 0 Å². The first-order valence-electron chi connectivity index (χ1n) is 5.78. The van der Waals surface area contributed by atoms with Crippen LogP contribution < -0.4 is 5.32 Å². The van der Waals surface area contributed by atoms with E-state index in [0.717, 1.165) is 26.2 Å². The first-order chi connectivity index (χ1) is 7.49. The van der Waals surface area contributed by atoms with Gasteiger partial charge >= 0.3 is 0 Å². The summed E-state index contributed by atoms with van der Waals surface area (Å²) in [5, 5.41) is 3.35. The van der Waals surface area contributed by atoms with Crippen LogP contribution in [0, 0.1) is 0 Å². The van der Waals surface area contributed by atoms with Crippen LogP contribution in [-0.2, 0) is 9.84 Å². The summed E-state index contributed by atoms with van der Waals surface area (Å²) in [6, 6.07) is 0. The zero-order chi connectivity index (χ0) is 12.0. The molecule has 1 aliphatic rings. The van der Waals surface area contributed by atoms with Crippen LogP contribution in [0.3, 0.4) is 0 Å². The molecule has 6 heteroatoms. The van der Waals surface area contributed by atoms with Crippen molar-refractivity contribution in [1.82, 2.24) is 15.1 Å². The van der Waals surface area contributed by atoms with E-state index in [1.807, 2.05) is 0 Å². The minimum atomic E-state index is -2.73. The van der Waals surface area contributed by atoms with Gasteiger partial charge in [0.2, 0.25) is 0 Å². The van der Waals surface area contributed by atoms with Gasteiger partial charge in [0, 0.05) is 39.3 Å². The highest BCUT2D eigenvalue weighted by Crippen LogP contribution is 2.02. The van der Waals surface area contributed by atoms with E-state index in [-0.39, 0.29) is 0 Å². The highest BCUT2D eigenvalue weighted by atomic mass is 32.2. The Labute approximate surface area is 98.7 Å². The molecule has 5 nitrogen and oxygen atoms in total. The third-order valence-corrected chi connectivity index (χ3v) is 4.39. The van der Waals surface area contributed by atoms with E-state index in [9.17, 15) is 8.42 Å². The lowest BCUT2D eigenvalue weighted by Gasteiger charge is -2.26. The molecule has 1 aliphatic heterocycles. The molecule has 0 aromatic carbocycles. The largest absolute Gasteiger partial charge is 0.314 e. The number of sulfone groups is 1. The van der Waals surface area contributed by atoms with Gasteiger partial charge in [-0.2, -0.15) is 0 Å². The number of nitrogens with one attached hydrogen (secondary N) is 1. The lowest BCUT2D eigenvalue weighted by Crippen LogP contribution is -2.43. The van der Waals surface area contributed by atoms with Crippen LogP contribution in [-0.4, -0.2) is 83.1 Å². The minimum absolute atomic E-state index is 0.324. The number of hydrogen-bond acceptors (Lipinski definition) is 5. The summed E-state index contributed by atoms with van der Waals surface area (Å²) in [5.74, 6) is 0.648. The molecule has 1 saturated heterocycles. The standard InChI is InChI=1S/C10H23N3O2S/c1-12(2)5-3-11-4-6-13-7-9-16(14,15)10-8-13/h11H,3-10H2,1-2H3. The van der Waals surface area contributed by atoms with Gasteiger partial charge in [-0.05, 0) is 14.1 Å². The Morgan fingerprint density at radius 2 is 1.81 bits per heavy atom. The molecule has 0 unspecified atom stereocenters. The molecule has 0 aromatic heterocycles. The smallest absolute Gasteiger partial charge is 0.152 e. The third kappa shape index (κ3) is 5.79. The van der Waals surface area contributed by atoms with Crippen LogP contribution in [0.1, 0.15) is 0 Å². The predicted molar refractivity (Wildman–Crippen MR) is 66.5 cm³/mol. The molecule has 1 fully saturated rings. The maximum Gasteiger partial charge on any atom is 0.152 e.